The molecule has 1 aromatic rings. The van der Waals surface area contributed by atoms with Crippen molar-refractivity contribution in [2.45, 2.75) is 37.7 Å². The molecule has 3 heterocycles. The van der Waals surface area contributed by atoms with Crippen LogP contribution in [-0.2, 0) is 4.74 Å². The Morgan fingerprint density at radius 2 is 2.16 bits per heavy atom. The molecule has 1 atom stereocenters. The number of hydrogen-bond acceptors (Lipinski definition) is 5. The molecule has 0 radical (unpaired) electrons. The van der Waals surface area contributed by atoms with Crippen LogP contribution in [0.2, 0.25) is 0 Å². The molecular weight excluding hydrogens is 240 g/mol. The van der Waals surface area contributed by atoms with Crippen LogP contribution in [0.5, 0.6) is 0 Å². The zero-order valence-electron chi connectivity index (χ0n) is 11.0. The number of aromatic nitrogens is 2. The molecule has 0 aliphatic carbocycles. The molecule has 100 valence electrons. The van der Waals surface area contributed by atoms with Gasteiger partial charge in [-0.1, -0.05) is 0 Å². The number of nitrogens with zero attached hydrogens (tertiary/aromatic N) is 4. The van der Waals surface area contributed by atoms with E-state index >= 15 is 0 Å². The summed E-state index contributed by atoms with van der Waals surface area (Å²) in [7, 11) is 0. The van der Waals surface area contributed by atoms with E-state index in [1.54, 1.807) is 6.20 Å². The van der Waals surface area contributed by atoms with Crippen LogP contribution in [0.4, 0.5) is 5.82 Å². The third kappa shape index (κ3) is 2.54. The minimum atomic E-state index is 0.000821. The summed E-state index contributed by atoms with van der Waals surface area (Å²) in [6, 6.07) is 2.05. The number of anilines is 1. The maximum Gasteiger partial charge on any atom is 0.161 e. The molecule has 0 saturated carbocycles. The molecule has 0 unspecified atom stereocenters. The van der Waals surface area contributed by atoms with Gasteiger partial charge in [-0.2, -0.15) is 5.26 Å². The lowest BCUT2D eigenvalue weighted by Crippen LogP contribution is -2.51. The molecule has 0 bridgehead atoms. The normalized spacial score (nSPS) is 27.2. The monoisotopic (exact) mass is 258 g/mol. The summed E-state index contributed by atoms with van der Waals surface area (Å²) < 4.78 is 6.06. The van der Waals surface area contributed by atoms with Crippen LogP contribution >= 0.6 is 0 Å². The van der Waals surface area contributed by atoms with Crippen LogP contribution < -0.4 is 4.90 Å². The largest absolute Gasteiger partial charge is 0.373 e. The highest BCUT2D eigenvalue weighted by molar-refractivity contribution is 5.39. The Hall–Kier alpha value is -1.67. The second-order valence-corrected chi connectivity index (χ2v) is 5.39. The van der Waals surface area contributed by atoms with E-state index < -0.39 is 0 Å². The third-order valence-corrected chi connectivity index (χ3v) is 4.03. The van der Waals surface area contributed by atoms with Gasteiger partial charge >= 0.3 is 0 Å². The zero-order chi connectivity index (χ0) is 13.1. The molecule has 0 amide bonds. The maximum atomic E-state index is 8.91. The topological polar surface area (TPSA) is 62.0 Å². The summed E-state index contributed by atoms with van der Waals surface area (Å²) in [4.78, 5) is 10.6. The molecule has 2 aliphatic rings. The van der Waals surface area contributed by atoms with E-state index in [1.165, 1.54) is 19.0 Å². The molecule has 1 spiro atoms. The average Bonchev–Trinajstić information content (AvgIpc) is 2.48. The van der Waals surface area contributed by atoms with Crippen molar-refractivity contribution in [2.75, 3.05) is 24.6 Å². The maximum absolute atomic E-state index is 8.91. The first-order chi connectivity index (χ1) is 9.31. The zero-order valence-corrected chi connectivity index (χ0v) is 11.0. The first kappa shape index (κ1) is 12.4. The smallest absolute Gasteiger partial charge is 0.161 e. The Balaban J connectivity index is 1.79. The highest BCUT2D eigenvalue weighted by atomic mass is 16.5. The third-order valence-electron chi connectivity index (χ3n) is 4.03. The van der Waals surface area contributed by atoms with E-state index in [4.69, 9.17) is 10.00 Å². The number of hydrogen-bond donors (Lipinski definition) is 0. The molecule has 0 aromatic carbocycles. The molecule has 19 heavy (non-hydrogen) atoms. The van der Waals surface area contributed by atoms with Crippen molar-refractivity contribution < 1.29 is 4.74 Å². The van der Waals surface area contributed by atoms with Gasteiger partial charge in [0.1, 0.15) is 11.9 Å². The lowest BCUT2D eigenvalue weighted by molar-refractivity contribution is -0.0847. The van der Waals surface area contributed by atoms with Crippen LogP contribution in [0.1, 0.15) is 37.8 Å². The Bertz CT molecular complexity index is 485. The van der Waals surface area contributed by atoms with Crippen LogP contribution in [-0.4, -0.2) is 35.3 Å². The fraction of sp³-hybridized carbons (Fsp3) is 0.643. The first-order valence-corrected chi connectivity index (χ1v) is 6.92. The Morgan fingerprint density at radius 1 is 1.26 bits per heavy atom. The van der Waals surface area contributed by atoms with Crippen molar-refractivity contribution in [3.63, 3.8) is 0 Å². The van der Waals surface area contributed by atoms with Gasteiger partial charge in [0.15, 0.2) is 5.69 Å². The number of nitriles is 1. The van der Waals surface area contributed by atoms with Crippen molar-refractivity contribution in [2.24, 2.45) is 0 Å². The SMILES string of the molecule is N#Cc1cncc(N2CCC[C@@]3(CCCCO3)C2)n1. The Labute approximate surface area is 113 Å². The highest BCUT2D eigenvalue weighted by Crippen LogP contribution is 2.34. The van der Waals surface area contributed by atoms with E-state index in [0.29, 0.717) is 5.69 Å². The van der Waals surface area contributed by atoms with Gasteiger partial charge in [-0.15, -0.1) is 0 Å². The minimum absolute atomic E-state index is 0.000821. The molecule has 2 saturated heterocycles. The van der Waals surface area contributed by atoms with Crippen molar-refractivity contribution in [1.82, 2.24) is 9.97 Å². The van der Waals surface area contributed by atoms with Gasteiger partial charge in [-0.25, -0.2) is 4.98 Å². The summed E-state index contributed by atoms with van der Waals surface area (Å²) in [5, 5.41) is 8.91. The predicted molar refractivity (Wildman–Crippen MR) is 70.7 cm³/mol. The standard InChI is InChI=1S/C14H18N4O/c15-8-12-9-16-10-13(17-12)18-6-3-5-14(11-18)4-1-2-7-19-14/h9-10H,1-7,11H2/t14-/m0/s1. The molecule has 2 aliphatic heterocycles. The van der Waals surface area contributed by atoms with Crippen molar-refractivity contribution >= 4 is 5.82 Å². The van der Waals surface area contributed by atoms with E-state index in [0.717, 1.165) is 44.8 Å². The summed E-state index contributed by atoms with van der Waals surface area (Å²) in [6.45, 7) is 2.71. The van der Waals surface area contributed by atoms with Crippen molar-refractivity contribution in [1.29, 1.82) is 5.26 Å². The van der Waals surface area contributed by atoms with Gasteiger partial charge < -0.3 is 9.64 Å². The molecule has 0 N–H and O–H groups in total. The fourth-order valence-electron chi connectivity index (χ4n) is 3.09. The van der Waals surface area contributed by atoms with Crippen LogP contribution in [0.25, 0.3) is 0 Å². The molecule has 5 nitrogen and oxygen atoms in total. The minimum Gasteiger partial charge on any atom is -0.373 e. The molecule has 5 heteroatoms. The number of ether oxygens (including phenoxy) is 1. The lowest BCUT2D eigenvalue weighted by Gasteiger charge is -2.45. The van der Waals surface area contributed by atoms with E-state index in [2.05, 4.69) is 14.9 Å². The van der Waals surface area contributed by atoms with Crippen molar-refractivity contribution in [3.05, 3.63) is 18.1 Å². The quantitative estimate of drug-likeness (QED) is 0.769. The van der Waals surface area contributed by atoms with Gasteiger partial charge in [-0.3, -0.25) is 4.98 Å². The molecule has 3 rings (SSSR count). The van der Waals surface area contributed by atoms with Crippen LogP contribution in [0.15, 0.2) is 12.4 Å². The average molecular weight is 258 g/mol. The second kappa shape index (κ2) is 5.14. The number of piperidine rings is 1. The lowest BCUT2D eigenvalue weighted by atomic mass is 9.86. The van der Waals surface area contributed by atoms with Gasteiger partial charge in [0, 0.05) is 19.7 Å². The van der Waals surface area contributed by atoms with Crippen LogP contribution in [0, 0.1) is 11.3 Å². The highest BCUT2D eigenvalue weighted by Gasteiger charge is 2.38. The Kier molecular flexibility index (Phi) is 3.34. The summed E-state index contributed by atoms with van der Waals surface area (Å²) in [6.07, 6.45) is 9.04. The fourth-order valence-corrected chi connectivity index (χ4v) is 3.09. The van der Waals surface area contributed by atoms with Gasteiger partial charge in [0.25, 0.3) is 0 Å². The van der Waals surface area contributed by atoms with E-state index in [-0.39, 0.29) is 5.60 Å². The van der Waals surface area contributed by atoms with Crippen LogP contribution in [0.3, 0.4) is 0 Å². The van der Waals surface area contributed by atoms with Crippen molar-refractivity contribution in [3.8, 4) is 6.07 Å². The second-order valence-electron chi connectivity index (χ2n) is 5.39. The van der Waals surface area contributed by atoms with E-state index in [1.807, 2.05) is 6.07 Å². The summed E-state index contributed by atoms with van der Waals surface area (Å²) in [5.41, 5.74) is 0.377. The molecule has 2 fully saturated rings. The predicted octanol–water partition coefficient (Wildman–Crippen LogP) is 1.89. The van der Waals surface area contributed by atoms with Gasteiger partial charge in [0.2, 0.25) is 0 Å². The van der Waals surface area contributed by atoms with Gasteiger partial charge in [0.05, 0.1) is 18.0 Å². The Morgan fingerprint density at radius 3 is 2.95 bits per heavy atom. The summed E-state index contributed by atoms with van der Waals surface area (Å²) in [5.74, 6) is 0.798. The van der Waals surface area contributed by atoms with Gasteiger partial charge in [-0.05, 0) is 32.1 Å². The number of rotatable bonds is 1. The molecular formula is C14H18N4O. The summed E-state index contributed by atoms with van der Waals surface area (Å²) >= 11 is 0. The molecule has 1 aromatic heterocycles. The van der Waals surface area contributed by atoms with E-state index in [9.17, 15) is 0 Å². The first-order valence-electron chi connectivity index (χ1n) is 6.92.